The van der Waals surface area contributed by atoms with Gasteiger partial charge in [-0.15, -0.1) is 10.2 Å². The summed E-state index contributed by atoms with van der Waals surface area (Å²) in [6.07, 6.45) is 0.610. The van der Waals surface area contributed by atoms with Gasteiger partial charge in [0.05, 0.1) is 16.0 Å². The zero-order valence-corrected chi connectivity index (χ0v) is 18.2. The number of aromatic nitrogens is 3. The third-order valence-electron chi connectivity index (χ3n) is 3.77. The fourth-order valence-corrected chi connectivity index (χ4v) is 3.63. The molecule has 0 saturated carbocycles. The van der Waals surface area contributed by atoms with Gasteiger partial charge in [-0.1, -0.05) is 48.8 Å². The molecule has 7 nitrogen and oxygen atoms in total. The van der Waals surface area contributed by atoms with Crippen LogP contribution in [-0.2, 0) is 22.6 Å². The van der Waals surface area contributed by atoms with Crippen molar-refractivity contribution in [3.8, 4) is 0 Å². The number of hydrogen-bond donors (Lipinski definition) is 2. The number of thioether (sulfide) groups is 1. The van der Waals surface area contributed by atoms with Gasteiger partial charge in [0.15, 0.2) is 5.16 Å². The number of nitrogens with two attached hydrogens (primary N) is 1. The minimum atomic E-state index is -0.450. The summed E-state index contributed by atoms with van der Waals surface area (Å²) < 4.78 is 1.94. The molecule has 2 rings (SSSR count). The second-order valence-electron chi connectivity index (χ2n) is 6.74. The Hall–Kier alpha value is -1.77. The Morgan fingerprint density at radius 3 is 2.61 bits per heavy atom. The van der Waals surface area contributed by atoms with Gasteiger partial charge in [0, 0.05) is 24.4 Å². The van der Waals surface area contributed by atoms with Gasteiger partial charge in [-0.3, -0.25) is 9.59 Å². The Labute approximate surface area is 178 Å². The maximum Gasteiger partial charge on any atom is 0.237 e. The third kappa shape index (κ3) is 6.39. The fraction of sp³-hybridized carbons (Fsp3) is 0.444. The summed E-state index contributed by atoms with van der Waals surface area (Å²) in [5.74, 6) is 0.406. The molecule has 3 N–H and O–H groups in total. The zero-order chi connectivity index (χ0) is 20.8. The molecule has 10 heteroatoms. The van der Waals surface area contributed by atoms with Crippen LogP contribution >= 0.6 is 35.0 Å². The van der Waals surface area contributed by atoms with Gasteiger partial charge in [-0.25, -0.2) is 0 Å². The van der Waals surface area contributed by atoms with E-state index in [0.717, 1.165) is 0 Å². The largest absolute Gasteiger partial charge is 0.370 e. The van der Waals surface area contributed by atoms with E-state index in [1.807, 2.05) is 4.57 Å². The van der Waals surface area contributed by atoms with E-state index in [2.05, 4.69) is 29.4 Å². The molecule has 1 aromatic heterocycles. The molecule has 0 spiro atoms. The number of nitrogens with one attached hydrogen (secondary N) is 1. The van der Waals surface area contributed by atoms with Crippen molar-refractivity contribution in [1.29, 1.82) is 0 Å². The summed E-state index contributed by atoms with van der Waals surface area (Å²) in [7, 11) is 0. The van der Waals surface area contributed by atoms with E-state index in [0.29, 0.717) is 45.6 Å². The van der Waals surface area contributed by atoms with E-state index in [1.165, 1.54) is 11.8 Å². The van der Waals surface area contributed by atoms with Crippen LogP contribution in [0.15, 0.2) is 23.4 Å². The minimum Gasteiger partial charge on any atom is -0.370 e. The first-order chi connectivity index (χ1) is 13.2. The molecule has 0 radical (unpaired) electrons. The molecule has 2 aromatic rings. The summed E-state index contributed by atoms with van der Waals surface area (Å²) in [5.41, 5.74) is 5.70. The molecule has 0 aliphatic rings. The number of carbonyl (C=O) groups excluding carboxylic acids is 2. The fourth-order valence-electron chi connectivity index (χ4n) is 2.41. The van der Waals surface area contributed by atoms with Crippen LogP contribution in [0.4, 0.5) is 5.69 Å². The predicted molar refractivity (Wildman–Crippen MR) is 113 cm³/mol. The lowest BCUT2D eigenvalue weighted by Gasteiger charge is -2.15. The molecular formula is C18H23Cl2N5O2S. The molecule has 2 amide bonds. The Morgan fingerprint density at radius 2 is 1.96 bits per heavy atom. The second-order valence-corrected chi connectivity index (χ2v) is 8.89. The van der Waals surface area contributed by atoms with Crippen LogP contribution in [-0.4, -0.2) is 31.8 Å². The molecule has 0 bridgehead atoms. The average molecular weight is 444 g/mol. The van der Waals surface area contributed by atoms with Crippen molar-refractivity contribution in [1.82, 2.24) is 14.8 Å². The van der Waals surface area contributed by atoms with Crippen LogP contribution in [0.5, 0.6) is 0 Å². The molecule has 0 saturated heterocycles. The van der Waals surface area contributed by atoms with Gasteiger partial charge in [0.25, 0.3) is 0 Å². The van der Waals surface area contributed by atoms with E-state index >= 15 is 0 Å². The van der Waals surface area contributed by atoms with E-state index in [4.69, 9.17) is 28.9 Å². The molecule has 1 aromatic carbocycles. The average Bonchev–Trinajstić information content (AvgIpc) is 2.97. The van der Waals surface area contributed by atoms with Crippen molar-refractivity contribution < 1.29 is 9.59 Å². The van der Waals surface area contributed by atoms with Crippen molar-refractivity contribution in [2.75, 3.05) is 5.32 Å². The standard InChI is InChI=1S/C18H23Cl2N5O2S/c1-10(2)9-25-16(7-6-15(21)26)23-24-18(25)28-11(3)17(27)22-14-8-12(19)4-5-13(14)20/h4-5,8,10-11H,6-7,9H2,1-3H3,(H2,21,26)(H,22,27)/t11-/m0/s1. The maximum absolute atomic E-state index is 12.6. The molecule has 1 atom stereocenters. The van der Waals surface area contributed by atoms with Gasteiger partial charge in [0.2, 0.25) is 11.8 Å². The van der Waals surface area contributed by atoms with Gasteiger partial charge >= 0.3 is 0 Å². The predicted octanol–water partition coefficient (Wildman–Crippen LogP) is 3.78. The normalized spacial score (nSPS) is 12.2. The van der Waals surface area contributed by atoms with Gasteiger partial charge in [-0.05, 0) is 31.0 Å². The summed E-state index contributed by atoms with van der Waals surface area (Å²) in [6.45, 7) is 6.60. The van der Waals surface area contributed by atoms with E-state index in [9.17, 15) is 9.59 Å². The molecule has 0 aliphatic heterocycles. The molecule has 0 aliphatic carbocycles. The van der Waals surface area contributed by atoms with Crippen molar-refractivity contribution in [2.45, 2.75) is 50.6 Å². The highest BCUT2D eigenvalue weighted by atomic mass is 35.5. The van der Waals surface area contributed by atoms with Crippen molar-refractivity contribution in [2.24, 2.45) is 11.7 Å². The van der Waals surface area contributed by atoms with Crippen LogP contribution in [0.2, 0.25) is 10.0 Å². The highest BCUT2D eigenvalue weighted by Crippen LogP contribution is 2.28. The van der Waals surface area contributed by atoms with Crippen LogP contribution < -0.4 is 11.1 Å². The maximum atomic E-state index is 12.6. The van der Waals surface area contributed by atoms with Crippen LogP contribution in [0.25, 0.3) is 0 Å². The lowest BCUT2D eigenvalue weighted by molar-refractivity contribution is -0.118. The molecule has 152 valence electrons. The minimum absolute atomic E-state index is 0.199. The summed E-state index contributed by atoms with van der Waals surface area (Å²) >= 11 is 13.4. The van der Waals surface area contributed by atoms with E-state index < -0.39 is 5.25 Å². The summed E-state index contributed by atoms with van der Waals surface area (Å²) in [4.78, 5) is 23.7. The second kappa shape index (κ2) is 10.1. The number of anilines is 1. The quantitative estimate of drug-likeness (QED) is 0.573. The number of carbonyl (C=O) groups is 2. The highest BCUT2D eigenvalue weighted by Gasteiger charge is 2.21. The Morgan fingerprint density at radius 1 is 1.25 bits per heavy atom. The number of halogens is 2. The molecular weight excluding hydrogens is 421 g/mol. The molecule has 0 unspecified atom stereocenters. The first kappa shape index (κ1) is 22.5. The van der Waals surface area contributed by atoms with Crippen molar-refractivity contribution in [3.63, 3.8) is 0 Å². The summed E-state index contributed by atoms with van der Waals surface area (Å²) in [6, 6.07) is 4.88. The zero-order valence-electron chi connectivity index (χ0n) is 15.9. The number of nitrogens with zero attached hydrogens (tertiary/aromatic N) is 3. The first-order valence-corrected chi connectivity index (χ1v) is 10.4. The number of rotatable bonds is 9. The van der Waals surface area contributed by atoms with Crippen molar-refractivity contribution in [3.05, 3.63) is 34.1 Å². The third-order valence-corrected chi connectivity index (χ3v) is 5.42. The number of benzene rings is 1. The van der Waals surface area contributed by atoms with Crippen LogP contribution in [0, 0.1) is 5.92 Å². The van der Waals surface area contributed by atoms with Crippen LogP contribution in [0.3, 0.4) is 0 Å². The molecule has 1 heterocycles. The molecule has 28 heavy (non-hydrogen) atoms. The first-order valence-electron chi connectivity index (χ1n) is 8.80. The lowest BCUT2D eigenvalue weighted by atomic mass is 10.2. The smallest absolute Gasteiger partial charge is 0.237 e. The SMILES string of the molecule is CC(C)Cn1c(CCC(N)=O)nnc1S[C@@H](C)C(=O)Nc1cc(Cl)ccc1Cl. The van der Waals surface area contributed by atoms with Gasteiger partial charge < -0.3 is 15.6 Å². The topological polar surface area (TPSA) is 103 Å². The number of hydrogen-bond acceptors (Lipinski definition) is 5. The molecule has 0 fully saturated rings. The van der Waals surface area contributed by atoms with Gasteiger partial charge in [0.1, 0.15) is 5.82 Å². The van der Waals surface area contributed by atoms with E-state index in [-0.39, 0.29) is 18.2 Å². The Kier molecular flexibility index (Phi) is 8.15. The summed E-state index contributed by atoms with van der Waals surface area (Å²) in [5, 5.41) is 12.2. The number of aryl methyl sites for hydroxylation is 1. The van der Waals surface area contributed by atoms with Crippen LogP contribution in [0.1, 0.15) is 33.0 Å². The van der Waals surface area contributed by atoms with E-state index in [1.54, 1.807) is 25.1 Å². The highest BCUT2D eigenvalue weighted by molar-refractivity contribution is 8.00. The van der Waals surface area contributed by atoms with Crippen molar-refractivity contribution >= 4 is 52.5 Å². The number of primary amides is 1. The number of amides is 2. The lowest BCUT2D eigenvalue weighted by Crippen LogP contribution is -2.23. The monoisotopic (exact) mass is 443 g/mol. The Balaban J connectivity index is 2.13. The Bertz CT molecular complexity index is 856. The van der Waals surface area contributed by atoms with Gasteiger partial charge in [-0.2, -0.15) is 0 Å².